The van der Waals surface area contributed by atoms with Gasteiger partial charge in [-0.15, -0.1) is 24.0 Å². The van der Waals surface area contributed by atoms with Gasteiger partial charge in [0.1, 0.15) is 0 Å². The van der Waals surface area contributed by atoms with E-state index in [9.17, 15) is 0 Å². The molecule has 1 aliphatic rings. The maximum Gasteiger partial charge on any atom is 0.191 e. The summed E-state index contributed by atoms with van der Waals surface area (Å²) >= 11 is 0. The van der Waals surface area contributed by atoms with Gasteiger partial charge in [0.2, 0.25) is 0 Å². The van der Waals surface area contributed by atoms with Gasteiger partial charge in [0.05, 0.1) is 25.4 Å². The van der Waals surface area contributed by atoms with Crippen molar-refractivity contribution in [2.75, 3.05) is 46.6 Å². The zero-order valence-electron chi connectivity index (χ0n) is 15.9. The van der Waals surface area contributed by atoms with Crippen molar-refractivity contribution in [1.82, 2.24) is 10.6 Å². The lowest BCUT2D eigenvalue weighted by atomic mass is 9.89. The zero-order chi connectivity index (χ0) is 17.1. The van der Waals surface area contributed by atoms with Gasteiger partial charge < -0.3 is 24.8 Å². The second-order valence-corrected chi connectivity index (χ2v) is 6.95. The van der Waals surface area contributed by atoms with Crippen LogP contribution in [0.1, 0.15) is 40.5 Å². The van der Waals surface area contributed by atoms with Crippen LogP contribution in [0.3, 0.4) is 0 Å². The van der Waals surface area contributed by atoms with Crippen molar-refractivity contribution in [2.24, 2.45) is 10.4 Å². The van der Waals surface area contributed by atoms with Gasteiger partial charge in [-0.25, -0.2) is 0 Å². The summed E-state index contributed by atoms with van der Waals surface area (Å²) in [6.45, 7) is 13.2. The Hall–Kier alpha value is -0.120. The lowest BCUT2D eigenvalue weighted by Crippen LogP contribution is -2.40. The predicted octanol–water partition coefficient (Wildman–Crippen LogP) is 2.42. The molecule has 24 heavy (non-hydrogen) atoms. The Labute approximate surface area is 164 Å². The molecule has 1 aliphatic heterocycles. The molecule has 0 aromatic carbocycles. The number of halogens is 1. The van der Waals surface area contributed by atoms with E-state index in [1.165, 1.54) is 0 Å². The Morgan fingerprint density at radius 3 is 2.62 bits per heavy atom. The molecule has 144 valence electrons. The largest absolute Gasteiger partial charge is 0.379 e. The smallest absolute Gasteiger partial charge is 0.191 e. The molecule has 6 nitrogen and oxygen atoms in total. The van der Waals surface area contributed by atoms with Crippen molar-refractivity contribution in [3.63, 3.8) is 0 Å². The van der Waals surface area contributed by atoms with Crippen LogP contribution in [-0.2, 0) is 14.2 Å². The minimum atomic E-state index is 0. The summed E-state index contributed by atoms with van der Waals surface area (Å²) in [5.41, 5.74) is 0.0762. The lowest BCUT2D eigenvalue weighted by Gasteiger charge is -2.28. The normalized spacial score (nSPS) is 19.7. The molecule has 2 unspecified atom stereocenters. The van der Waals surface area contributed by atoms with E-state index >= 15 is 0 Å². The number of nitrogens with zero attached hydrogens (tertiary/aromatic N) is 1. The maximum atomic E-state index is 5.76. The van der Waals surface area contributed by atoms with E-state index in [-0.39, 0.29) is 41.6 Å². The number of ether oxygens (including phenoxy) is 3. The Kier molecular flexibility index (Phi) is 13.1. The highest BCUT2D eigenvalue weighted by Crippen LogP contribution is 2.21. The predicted molar refractivity (Wildman–Crippen MR) is 109 cm³/mol. The molecule has 0 radical (unpaired) electrons. The SMILES string of the molecule is CCNC(=NCC(OC)C(C)(C)C)NCCCOC1CCOC1.I. The number of guanidine groups is 1. The van der Waals surface area contributed by atoms with E-state index in [2.05, 4.69) is 43.3 Å². The Bertz CT molecular complexity index is 342. The summed E-state index contributed by atoms with van der Waals surface area (Å²) < 4.78 is 16.6. The summed E-state index contributed by atoms with van der Waals surface area (Å²) in [5.74, 6) is 0.836. The quantitative estimate of drug-likeness (QED) is 0.241. The Morgan fingerprint density at radius 2 is 2.08 bits per heavy atom. The van der Waals surface area contributed by atoms with Gasteiger partial charge in [0.15, 0.2) is 5.96 Å². The molecule has 0 amide bonds. The second-order valence-electron chi connectivity index (χ2n) is 6.95. The van der Waals surface area contributed by atoms with Crippen LogP contribution in [0.4, 0.5) is 0 Å². The molecule has 0 aliphatic carbocycles. The van der Waals surface area contributed by atoms with Crippen molar-refractivity contribution in [1.29, 1.82) is 0 Å². The molecule has 1 rings (SSSR count). The van der Waals surface area contributed by atoms with Crippen LogP contribution in [0.5, 0.6) is 0 Å². The summed E-state index contributed by atoms with van der Waals surface area (Å²) in [6.07, 6.45) is 2.35. The first-order valence-electron chi connectivity index (χ1n) is 8.71. The molecule has 1 saturated heterocycles. The van der Waals surface area contributed by atoms with Crippen LogP contribution in [-0.4, -0.2) is 64.7 Å². The molecular weight excluding hydrogens is 421 g/mol. The fraction of sp³-hybridized carbons (Fsp3) is 0.941. The fourth-order valence-electron chi connectivity index (χ4n) is 2.39. The molecule has 2 atom stereocenters. The highest BCUT2D eigenvalue weighted by molar-refractivity contribution is 14.0. The Morgan fingerprint density at radius 1 is 1.33 bits per heavy atom. The third-order valence-electron chi connectivity index (χ3n) is 3.86. The highest BCUT2D eigenvalue weighted by Gasteiger charge is 2.24. The van der Waals surface area contributed by atoms with E-state index in [1.54, 1.807) is 7.11 Å². The average Bonchev–Trinajstić information content (AvgIpc) is 2.99. The van der Waals surface area contributed by atoms with Gasteiger partial charge in [-0.05, 0) is 25.2 Å². The van der Waals surface area contributed by atoms with Crippen molar-refractivity contribution in [3.05, 3.63) is 0 Å². The first-order chi connectivity index (χ1) is 11.0. The van der Waals surface area contributed by atoms with Crippen LogP contribution in [0, 0.1) is 5.41 Å². The van der Waals surface area contributed by atoms with E-state index in [0.29, 0.717) is 6.54 Å². The molecule has 0 bridgehead atoms. The van der Waals surface area contributed by atoms with Crippen molar-refractivity contribution in [3.8, 4) is 0 Å². The van der Waals surface area contributed by atoms with Gasteiger partial charge >= 0.3 is 0 Å². The minimum absolute atomic E-state index is 0. The summed E-state index contributed by atoms with van der Waals surface area (Å²) in [4.78, 5) is 4.63. The second kappa shape index (κ2) is 13.1. The average molecular weight is 457 g/mol. The minimum Gasteiger partial charge on any atom is -0.379 e. The molecule has 0 aromatic heterocycles. The standard InChI is InChI=1S/C17H35N3O3.HI/c1-6-18-16(20-12-15(21-5)17(2,3)4)19-9-7-10-23-14-8-11-22-13-14;/h14-15H,6-13H2,1-5H3,(H2,18,19,20);1H. The first kappa shape index (κ1) is 23.9. The summed E-state index contributed by atoms with van der Waals surface area (Å²) in [7, 11) is 1.75. The molecule has 2 N–H and O–H groups in total. The number of hydrogen-bond donors (Lipinski definition) is 2. The number of aliphatic imine (C=N–C) groups is 1. The van der Waals surface area contributed by atoms with Crippen molar-refractivity contribution >= 4 is 29.9 Å². The molecular formula is C17H36IN3O3. The molecule has 0 aromatic rings. The number of rotatable bonds is 9. The van der Waals surface area contributed by atoms with Gasteiger partial charge in [0.25, 0.3) is 0 Å². The van der Waals surface area contributed by atoms with Crippen molar-refractivity contribution < 1.29 is 14.2 Å². The molecule has 0 spiro atoms. The van der Waals surface area contributed by atoms with Crippen LogP contribution >= 0.6 is 24.0 Å². The third-order valence-corrected chi connectivity index (χ3v) is 3.86. The number of hydrogen-bond acceptors (Lipinski definition) is 4. The van der Waals surface area contributed by atoms with Gasteiger partial charge in [-0.2, -0.15) is 0 Å². The van der Waals surface area contributed by atoms with Crippen LogP contribution in [0.25, 0.3) is 0 Å². The molecule has 0 saturated carbocycles. The molecule has 1 heterocycles. The van der Waals surface area contributed by atoms with E-state index in [0.717, 1.165) is 51.7 Å². The Balaban J connectivity index is 0.00000529. The third kappa shape index (κ3) is 10.0. The van der Waals surface area contributed by atoms with Gasteiger partial charge in [0, 0.05) is 33.4 Å². The highest BCUT2D eigenvalue weighted by atomic mass is 127. The number of methoxy groups -OCH3 is 1. The first-order valence-corrected chi connectivity index (χ1v) is 8.71. The summed E-state index contributed by atoms with van der Waals surface area (Å²) in [5, 5.41) is 6.62. The maximum absolute atomic E-state index is 5.76. The van der Waals surface area contributed by atoms with Crippen molar-refractivity contribution in [2.45, 2.75) is 52.7 Å². The van der Waals surface area contributed by atoms with Gasteiger partial charge in [-0.3, -0.25) is 4.99 Å². The monoisotopic (exact) mass is 457 g/mol. The van der Waals surface area contributed by atoms with E-state index in [1.807, 2.05) is 0 Å². The lowest BCUT2D eigenvalue weighted by molar-refractivity contribution is 0.0241. The van der Waals surface area contributed by atoms with Crippen LogP contribution in [0.2, 0.25) is 0 Å². The number of nitrogens with one attached hydrogen (secondary N) is 2. The van der Waals surface area contributed by atoms with Gasteiger partial charge in [-0.1, -0.05) is 20.8 Å². The summed E-state index contributed by atoms with van der Waals surface area (Å²) in [6, 6.07) is 0. The van der Waals surface area contributed by atoms with Crippen LogP contribution in [0.15, 0.2) is 4.99 Å². The fourth-order valence-corrected chi connectivity index (χ4v) is 2.39. The molecule has 1 fully saturated rings. The van der Waals surface area contributed by atoms with E-state index < -0.39 is 0 Å². The molecule has 7 heteroatoms. The topological polar surface area (TPSA) is 64.1 Å². The van der Waals surface area contributed by atoms with E-state index in [4.69, 9.17) is 14.2 Å². The van der Waals surface area contributed by atoms with Crippen LogP contribution < -0.4 is 10.6 Å². The zero-order valence-corrected chi connectivity index (χ0v) is 18.2.